The smallest absolute Gasteiger partial charge is 0.310 e. The molecule has 0 radical (unpaired) electrons. The predicted molar refractivity (Wildman–Crippen MR) is 60.7 cm³/mol. The number of carbonyl (C=O) groups excluding carboxylic acids is 1. The van der Waals surface area contributed by atoms with Crippen LogP contribution in [0.15, 0.2) is 24.3 Å². The molecule has 1 rings (SSSR count). The third-order valence-corrected chi connectivity index (χ3v) is 2.42. The van der Waals surface area contributed by atoms with Crippen molar-refractivity contribution in [2.24, 2.45) is 5.92 Å². The zero-order chi connectivity index (χ0) is 12.0. The minimum absolute atomic E-state index is 0.171. The number of methoxy groups -OCH3 is 1. The summed E-state index contributed by atoms with van der Waals surface area (Å²) in [5.74, 6) is -0.669. The Balaban J connectivity index is 2.49. The molecule has 1 atom stereocenters. The summed E-state index contributed by atoms with van der Waals surface area (Å²) in [6, 6.07) is 6.03. The molecule has 1 aromatic rings. The van der Waals surface area contributed by atoms with E-state index in [0.29, 0.717) is 13.0 Å². The van der Waals surface area contributed by atoms with Gasteiger partial charge in [0.05, 0.1) is 13.0 Å². The van der Waals surface area contributed by atoms with Crippen LogP contribution in [0.4, 0.5) is 10.1 Å². The quantitative estimate of drug-likeness (QED) is 0.782. The Hall–Kier alpha value is -1.58. The average molecular weight is 225 g/mol. The minimum Gasteiger partial charge on any atom is -0.469 e. The number of rotatable bonds is 5. The van der Waals surface area contributed by atoms with E-state index in [9.17, 15) is 9.18 Å². The van der Waals surface area contributed by atoms with Crippen LogP contribution in [-0.2, 0) is 9.53 Å². The lowest BCUT2D eigenvalue weighted by Gasteiger charge is -2.14. The van der Waals surface area contributed by atoms with Crippen molar-refractivity contribution < 1.29 is 13.9 Å². The zero-order valence-electron chi connectivity index (χ0n) is 9.50. The number of anilines is 1. The summed E-state index contributed by atoms with van der Waals surface area (Å²) in [5.41, 5.74) is 0.795. The maximum atomic E-state index is 12.6. The van der Waals surface area contributed by atoms with Crippen LogP contribution in [0.3, 0.4) is 0 Å². The number of hydrogen-bond acceptors (Lipinski definition) is 3. The van der Waals surface area contributed by atoms with Crippen molar-refractivity contribution >= 4 is 11.7 Å². The van der Waals surface area contributed by atoms with Crippen LogP contribution in [0.2, 0.25) is 0 Å². The van der Waals surface area contributed by atoms with Crippen molar-refractivity contribution in [2.75, 3.05) is 19.0 Å². The van der Waals surface area contributed by atoms with E-state index in [1.165, 1.54) is 19.2 Å². The fourth-order valence-electron chi connectivity index (χ4n) is 1.37. The number of hydrogen-bond donors (Lipinski definition) is 1. The standard InChI is InChI=1S/C12H16FNO2/c1-3-9(12(15)16-2)8-14-11-6-4-10(13)5-7-11/h4-7,9,14H,3,8H2,1-2H3. The molecule has 1 N–H and O–H groups in total. The fraction of sp³-hybridized carbons (Fsp3) is 0.417. The van der Waals surface area contributed by atoms with Gasteiger partial charge in [-0.2, -0.15) is 0 Å². The van der Waals surface area contributed by atoms with Crippen LogP contribution in [0.25, 0.3) is 0 Å². The number of esters is 1. The second-order valence-electron chi connectivity index (χ2n) is 3.52. The Kier molecular flexibility index (Phi) is 4.76. The Bertz CT molecular complexity index is 337. The Morgan fingerprint density at radius 1 is 1.44 bits per heavy atom. The maximum absolute atomic E-state index is 12.6. The van der Waals surface area contributed by atoms with Gasteiger partial charge in [-0.25, -0.2) is 4.39 Å². The van der Waals surface area contributed by atoms with Crippen LogP contribution in [0.5, 0.6) is 0 Å². The first-order chi connectivity index (χ1) is 7.67. The van der Waals surface area contributed by atoms with Gasteiger partial charge in [0.1, 0.15) is 5.82 Å². The summed E-state index contributed by atoms with van der Waals surface area (Å²) >= 11 is 0. The van der Waals surface area contributed by atoms with E-state index in [0.717, 1.165) is 5.69 Å². The summed E-state index contributed by atoms with van der Waals surface area (Å²) in [5, 5.41) is 3.07. The zero-order valence-corrected chi connectivity index (χ0v) is 9.50. The van der Waals surface area contributed by atoms with Crippen LogP contribution >= 0.6 is 0 Å². The van der Waals surface area contributed by atoms with Gasteiger partial charge < -0.3 is 10.1 Å². The van der Waals surface area contributed by atoms with Crippen molar-refractivity contribution in [1.82, 2.24) is 0 Å². The monoisotopic (exact) mass is 225 g/mol. The summed E-state index contributed by atoms with van der Waals surface area (Å²) in [7, 11) is 1.38. The van der Waals surface area contributed by atoms with Gasteiger partial charge in [0.25, 0.3) is 0 Å². The third-order valence-electron chi connectivity index (χ3n) is 2.42. The third kappa shape index (κ3) is 3.53. The van der Waals surface area contributed by atoms with Gasteiger partial charge in [0, 0.05) is 12.2 Å². The van der Waals surface area contributed by atoms with E-state index in [2.05, 4.69) is 10.1 Å². The molecule has 0 spiro atoms. The molecule has 4 heteroatoms. The van der Waals surface area contributed by atoms with Gasteiger partial charge in [0.15, 0.2) is 0 Å². The van der Waals surface area contributed by atoms with E-state index in [1.807, 2.05) is 6.92 Å². The molecule has 16 heavy (non-hydrogen) atoms. The number of halogens is 1. The van der Waals surface area contributed by atoms with Crippen molar-refractivity contribution in [1.29, 1.82) is 0 Å². The summed E-state index contributed by atoms with van der Waals surface area (Å²) in [6.45, 7) is 2.42. The van der Waals surface area contributed by atoms with Crippen molar-refractivity contribution in [3.05, 3.63) is 30.1 Å². The van der Waals surface area contributed by atoms with Gasteiger partial charge in [-0.15, -0.1) is 0 Å². The summed E-state index contributed by atoms with van der Waals surface area (Å²) in [4.78, 5) is 11.3. The minimum atomic E-state index is -0.273. The molecular weight excluding hydrogens is 209 g/mol. The normalized spacial score (nSPS) is 11.9. The molecule has 0 fully saturated rings. The number of ether oxygens (including phenoxy) is 1. The van der Waals surface area contributed by atoms with Gasteiger partial charge in [-0.1, -0.05) is 6.92 Å². The van der Waals surface area contributed by atoms with Crippen LogP contribution in [0.1, 0.15) is 13.3 Å². The fourth-order valence-corrected chi connectivity index (χ4v) is 1.37. The number of nitrogens with one attached hydrogen (secondary N) is 1. The first-order valence-electron chi connectivity index (χ1n) is 5.24. The molecule has 0 saturated heterocycles. The molecule has 0 aliphatic heterocycles. The second kappa shape index (κ2) is 6.10. The average Bonchev–Trinajstić information content (AvgIpc) is 2.31. The molecule has 88 valence electrons. The molecule has 0 aliphatic rings. The van der Waals surface area contributed by atoms with Crippen LogP contribution in [0, 0.1) is 11.7 Å². The highest BCUT2D eigenvalue weighted by molar-refractivity contribution is 5.73. The van der Waals surface area contributed by atoms with Gasteiger partial charge in [-0.3, -0.25) is 4.79 Å². The topological polar surface area (TPSA) is 38.3 Å². The van der Waals surface area contributed by atoms with E-state index >= 15 is 0 Å². The number of benzene rings is 1. The van der Waals surface area contributed by atoms with Crippen LogP contribution < -0.4 is 5.32 Å². The number of carbonyl (C=O) groups is 1. The largest absolute Gasteiger partial charge is 0.469 e. The van der Waals surface area contributed by atoms with Crippen molar-refractivity contribution in [2.45, 2.75) is 13.3 Å². The molecule has 0 saturated carbocycles. The Morgan fingerprint density at radius 2 is 2.06 bits per heavy atom. The van der Waals surface area contributed by atoms with E-state index < -0.39 is 0 Å². The van der Waals surface area contributed by atoms with Crippen molar-refractivity contribution in [3.8, 4) is 0 Å². The van der Waals surface area contributed by atoms with E-state index in [-0.39, 0.29) is 17.7 Å². The van der Waals surface area contributed by atoms with Gasteiger partial charge >= 0.3 is 5.97 Å². The van der Waals surface area contributed by atoms with Gasteiger partial charge in [0.2, 0.25) is 0 Å². The summed E-state index contributed by atoms with van der Waals surface area (Å²) in [6.07, 6.45) is 0.709. The molecule has 3 nitrogen and oxygen atoms in total. The Morgan fingerprint density at radius 3 is 2.56 bits per heavy atom. The lowest BCUT2D eigenvalue weighted by molar-refractivity contribution is -0.145. The molecule has 0 bridgehead atoms. The highest BCUT2D eigenvalue weighted by Crippen LogP contribution is 2.11. The van der Waals surface area contributed by atoms with Gasteiger partial charge in [-0.05, 0) is 30.7 Å². The molecule has 0 aliphatic carbocycles. The SMILES string of the molecule is CCC(CNc1ccc(F)cc1)C(=O)OC. The molecule has 0 aromatic heterocycles. The lowest BCUT2D eigenvalue weighted by atomic mass is 10.1. The maximum Gasteiger partial charge on any atom is 0.310 e. The summed E-state index contributed by atoms with van der Waals surface area (Å²) < 4.78 is 17.3. The predicted octanol–water partition coefficient (Wildman–Crippen LogP) is 2.44. The molecule has 0 heterocycles. The highest BCUT2D eigenvalue weighted by atomic mass is 19.1. The molecule has 1 unspecified atom stereocenters. The first-order valence-corrected chi connectivity index (χ1v) is 5.24. The lowest BCUT2D eigenvalue weighted by Crippen LogP contribution is -2.23. The molecule has 0 amide bonds. The Labute approximate surface area is 94.6 Å². The second-order valence-corrected chi connectivity index (χ2v) is 3.52. The van der Waals surface area contributed by atoms with Crippen LogP contribution in [-0.4, -0.2) is 19.6 Å². The van der Waals surface area contributed by atoms with Crippen molar-refractivity contribution in [3.63, 3.8) is 0 Å². The first kappa shape index (κ1) is 12.5. The van der Waals surface area contributed by atoms with E-state index in [4.69, 9.17) is 0 Å². The molecular formula is C12H16FNO2. The molecule has 1 aromatic carbocycles. The highest BCUT2D eigenvalue weighted by Gasteiger charge is 2.16. The van der Waals surface area contributed by atoms with E-state index in [1.54, 1.807) is 12.1 Å².